The molecular weight excluding hydrogens is 334 g/mol. The third-order valence-corrected chi connectivity index (χ3v) is 2.57. The van der Waals surface area contributed by atoms with E-state index in [2.05, 4.69) is 36.4 Å². The molecule has 3 rings (SSSR count). The summed E-state index contributed by atoms with van der Waals surface area (Å²) in [6.07, 6.45) is 1.04. The van der Waals surface area contributed by atoms with Gasteiger partial charge in [0.05, 0.1) is 0 Å². The summed E-state index contributed by atoms with van der Waals surface area (Å²) >= 11 is 0. The Morgan fingerprint density at radius 3 is 1.73 bits per heavy atom. The zero-order valence-corrected chi connectivity index (χ0v) is 14.0. The fourth-order valence-electron chi connectivity index (χ4n) is 1.95. The van der Waals surface area contributed by atoms with Crippen LogP contribution in [0.2, 0.25) is 0 Å². The van der Waals surface area contributed by atoms with E-state index in [0.717, 1.165) is 6.42 Å². The first-order valence-corrected chi connectivity index (χ1v) is 4.43. The maximum absolute atomic E-state index is 3.12. The molecule has 0 atom stereocenters. The van der Waals surface area contributed by atoms with Gasteiger partial charge in [-0.15, -0.1) is 11.1 Å². The van der Waals surface area contributed by atoms with Crippen LogP contribution < -0.4 is 0 Å². The van der Waals surface area contributed by atoms with Crippen molar-refractivity contribution >= 4 is 0 Å². The Morgan fingerprint density at radius 1 is 0.800 bits per heavy atom. The number of benzene rings is 2. The molecule has 0 fully saturated rings. The SMILES string of the molecule is [Y].[Y].[c-]1ccc2c(c1)Cc1c[c-]ccc1-2. The van der Waals surface area contributed by atoms with E-state index in [1.807, 2.05) is 12.1 Å². The summed E-state index contributed by atoms with van der Waals surface area (Å²) in [5.74, 6) is 0. The number of fused-ring (bicyclic) bond motifs is 3. The Hall–Kier alpha value is 0.648. The molecular formula is C13H8Y2-2. The molecule has 0 saturated carbocycles. The number of hydrogen-bond acceptors (Lipinski definition) is 0. The summed E-state index contributed by atoms with van der Waals surface area (Å²) in [6.45, 7) is 0. The van der Waals surface area contributed by atoms with Gasteiger partial charge in [-0.05, 0) is 0 Å². The van der Waals surface area contributed by atoms with Crippen LogP contribution in [0, 0.1) is 12.1 Å². The molecule has 2 aromatic rings. The third-order valence-electron chi connectivity index (χ3n) is 2.57. The van der Waals surface area contributed by atoms with E-state index in [4.69, 9.17) is 0 Å². The minimum absolute atomic E-state index is 0. The molecule has 15 heavy (non-hydrogen) atoms. The molecule has 0 aliphatic heterocycles. The van der Waals surface area contributed by atoms with Crippen molar-refractivity contribution in [1.29, 1.82) is 0 Å². The molecule has 2 aromatic carbocycles. The van der Waals surface area contributed by atoms with Crippen molar-refractivity contribution < 1.29 is 65.4 Å². The van der Waals surface area contributed by atoms with Gasteiger partial charge in [-0.2, -0.15) is 59.7 Å². The monoisotopic (exact) mass is 342 g/mol. The molecule has 0 spiro atoms. The standard InChI is InChI=1S/C13H8.2Y/c1-3-7-12-10(5-1)9-11-6-2-4-8-13(11)12;;/h3-8H,9H2;;/q-2;;. The Balaban J connectivity index is 0.000000562. The van der Waals surface area contributed by atoms with Gasteiger partial charge in [0.15, 0.2) is 0 Å². The Bertz CT molecular complexity index is 420. The van der Waals surface area contributed by atoms with Gasteiger partial charge in [0, 0.05) is 65.4 Å². The first kappa shape index (κ1) is 13.7. The van der Waals surface area contributed by atoms with Crippen molar-refractivity contribution in [2.75, 3.05) is 0 Å². The number of rotatable bonds is 0. The Kier molecular flexibility index (Phi) is 5.32. The molecule has 1 aliphatic carbocycles. The quantitative estimate of drug-likeness (QED) is 0.552. The molecule has 0 nitrogen and oxygen atoms in total. The smallest absolute Gasteiger partial charge is 0 e. The maximum Gasteiger partial charge on any atom is 0 e. The summed E-state index contributed by atoms with van der Waals surface area (Å²) in [5, 5.41) is 0. The van der Waals surface area contributed by atoms with Gasteiger partial charge in [-0.3, -0.25) is 0 Å². The molecule has 68 valence electrons. The molecule has 0 bridgehead atoms. The van der Waals surface area contributed by atoms with E-state index in [1.54, 1.807) is 0 Å². The predicted molar refractivity (Wildman–Crippen MR) is 52.4 cm³/mol. The summed E-state index contributed by atoms with van der Waals surface area (Å²) in [5.41, 5.74) is 5.50. The second-order valence-corrected chi connectivity index (χ2v) is 3.34. The van der Waals surface area contributed by atoms with Crippen molar-refractivity contribution in [3.8, 4) is 11.1 Å². The third kappa shape index (κ3) is 2.49. The first-order chi connectivity index (χ1) is 6.45. The maximum atomic E-state index is 3.12. The van der Waals surface area contributed by atoms with Gasteiger partial charge < -0.3 is 0 Å². The Morgan fingerprint density at radius 2 is 1.27 bits per heavy atom. The van der Waals surface area contributed by atoms with Crippen LogP contribution in [0.1, 0.15) is 11.1 Å². The molecule has 2 heteroatoms. The van der Waals surface area contributed by atoms with Crippen molar-refractivity contribution in [2.45, 2.75) is 6.42 Å². The van der Waals surface area contributed by atoms with Gasteiger partial charge in [0.25, 0.3) is 0 Å². The van der Waals surface area contributed by atoms with Crippen LogP contribution in [0.3, 0.4) is 0 Å². The van der Waals surface area contributed by atoms with Crippen LogP contribution in [0.4, 0.5) is 0 Å². The second-order valence-electron chi connectivity index (χ2n) is 3.34. The van der Waals surface area contributed by atoms with Crippen molar-refractivity contribution in [1.82, 2.24) is 0 Å². The minimum Gasteiger partial charge on any atom is -0.184 e. The van der Waals surface area contributed by atoms with Crippen LogP contribution >= 0.6 is 0 Å². The van der Waals surface area contributed by atoms with E-state index in [1.165, 1.54) is 22.3 Å². The molecule has 1 aliphatic rings. The van der Waals surface area contributed by atoms with E-state index < -0.39 is 0 Å². The molecule has 0 unspecified atom stereocenters. The van der Waals surface area contributed by atoms with E-state index >= 15 is 0 Å². The van der Waals surface area contributed by atoms with E-state index in [0.29, 0.717) is 0 Å². The Labute approximate surface area is 141 Å². The second kappa shape index (κ2) is 5.82. The van der Waals surface area contributed by atoms with Crippen molar-refractivity contribution in [2.24, 2.45) is 0 Å². The molecule has 2 radical (unpaired) electrons. The van der Waals surface area contributed by atoms with Gasteiger partial charge in [0.1, 0.15) is 0 Å². The summed E-state index contributed by atoms with van der Waals surface area (Å²) in [4.78, 5) is 0. The summed E-state index contributed by atoms with van der Waals surface area (Å²) in [7, 11) is 0. The van der Waals surface area contributed by atoms with Crippen LogP contribution in [0.15, 0.2) is 36.4 Å². The fourth-order valence-corrected chi connectivity index (χ4v) is 1.95. The average molecular weight is 342 g/mol. The molecule has 0 saturated heterocycles. The van der Waals surface area contributed by atoms with E-state index in [-0.39, 0.29) is 65.4 Å². The largest absolute Gasteiger partial charge is 0.184 e. The van der Waals surface area contributed by atoms with Crippen LogP contribution in [-0.4, -0.2) is 0 Å². The topological polar surface area (TPSA) is 0 Å². The van der Waals surface area contributed by atoms with Gasteiger partial charge in [-0.25, -0.2) is 0 Å². The average Bonchev–Trinajstić information content (AvgIpc) is 2.56. The molecule has 0 aromatic heterocycles. The molecule has 0 heterocycles. The normalized spacial score (nSPS) is 10.7. The zero-order chi connectivity index (χ0) is 8.67. The van der Waals surface area contributed by atoms with Gasteiger partial charge in [0.2, 0.25) is 0 Å². The summed E-state index contributed by atoms with van der Waals surface area (Å²) in [6, 6.07) is 18.6. The van der Waals surface area contributed by atoms with Gasteiger partial charge in [-0.1, -0.05) is 6.42 Å². The van der Waals surface area contributed by atoms with Crippen LogP contribution in [-0.2, 0) is 71.8 Å². The zero-order valence-electron chi connectivity index (χ0n) is 8.33. The molecule has 0 N–H and O–H groups in total. The predicted octanol–water partition coefficient (Wildman–Crippen LogP) is 2.85. The van der Waals surface area contributed by atoms with Gasteiger partial charge >= 0.3 is 0 Å². The fraction of sp³-hybridized carbons (Fsp3) is 0.0769. The first-order valence-electron chi connectivity index (χ1n) is 4.43. The van der Waals surface area contributed by atoms with E-state index in [9.17, 15) is 0 Å². The van der Waals surface area contributed by atoms with Crippen LogP contribution in [0.25, 0.3) is 11.1 Å². The van der Waals surface area contributed by atoms with Crippen molar-refractivity contribution in [3.05, 3.63) is 59.7 Å². The summed E-state index contributed by atoms with van der Waals surface area (Å²) < 4.78 is 0. The number of hydrogen-bond donors (Lipinski definition) is 0. The van der Waals surface area contributed by atoms with Crippen LogP contribution in [0.5, 0.6) is 0 Å². The van der Waals surface area contributed by atoms with Crippen molar-refractivity contribution in [3.63, 3.8) is 0 Å². The molecule has 0 amide bonds. The minimum atomic E-state index is 0.